The van der Waals surface area contributed by atoms with E-state index >= 15 is 0 Å². The molecule has 33 heavy (non-hydrogen) atoms. The van der Waals surface area contributed by atoms with Crippen LogP contribution in [-0.4, -0.2) is 16.6 Å². The number of aromatic nitrogens is 2. The number of anilines is 2. The molecule has 2 aromatic heterocycles. The van der Waals surface area contributed by atoms with Crippen molar-refractivity contribution in [3.05, 3.63) is 53.7 Å². The molecule has 0 aliphatic carbocycles. The van der Waals surface area contributed by atoms with Crippen LogP contribution in [0, 0.1) is 11.8 Å². The van der Waals surface area contributed by atoms with Crippen molar-refractivity contribution in [1.82, 2.24) is 9.97 Å². The molecule has 0 aliphatic heterocycles. The fourth-order valence-electron chi connectivity index (χ4n) is 3.57. The summed E-state index contributed by atoms with van der Waals surface area (Å²) in [6.07, 6.45) is 7.84. The Balaban J connectivity index is 1.63. The topological polar surface area (TPSA) is 47.0 Å². The first-order valence-corrected chi connectivity index (χ1v) is 12.4. The molecule has 0 bridgehead atoms. The van der Waals surface area contributed by atoms with Gasteiger partial charge in [-0.3, -0.25) is 4.98 Å². The van der Waals surface area contributed by atoms with Crippen molar-refractivity contribution >= 4 is 22.2 Å². The van der Waals surface area contributed by atoms with Crippen LogP contribution in [0.15, 0.2) is 48.1 Å². The molecule has 7 heteroatoms. The zero-order valence-corrected chi connectivity index (χ0v) is 20.6. The molecule has 1 aromatic carbocycles. The van der Waals surface area contributed by atoms with Crippen molar-refractivity contribution in [2.24, 2.45) is 11.8 Å². The minimum Gasteiger partial charge on any atom is -0.493 e. The average molecular weight is 474 g/mol. The van der Waals surface area contributed by atoms with Gasteiger partial charge in [0.05, 0.1) is 17.9 Å². The Morgan fingerprint density at radius 3 is 2.64 bits per heavy atom. The lowest BCUT2D eigenvalue weighted by Crippen LogP contribution is -2.12. The first kappa shape index (κ1) is 25.1. The van der Waals surface area contributed by atoms with Crippen LogP contribution < -0.4 is 10.1 Å². The summed E-state index contributed by atoms with van der Waals surface area (Å²) in [5, 5.41) is 5.68. The van der Waals surface area contributed by atoms with Gasteiger partial charge in [0.25, 0.3) is 5.92 Å². The van der Waals surface area contributed by atoms with E-state index in [1.807, 2.05) is 17.5 Å². The monoisotopic (exact) mass is 473 g/mol. The second-order valence-corrected chi connectivity index (χ2v) is 9.93. The van der Waals surface area contributed by atoms with Gasteiger partial charge in [0.1, 0.15) is 5.75 Å². The molecule has 0 radical (unpaired) electrons. The van der Waals surface area contributed by atoms with E-state index in [0.717, 1.165) is 31.0 Å². The Kier molecular flexibility index (Phi) is 8.78. The van der Waals surface area contributed by atoms with Crippen LogP contribution in [0.4, 0.5) is 19.6 Å². The van der Waals surface area contributed by atoms with E-state index in [1.165, 1.54) is 30.2 Å². The molecular formula is C26H33F2N3OS. The second kappa shape index (κ2) is 11.5. The summed E-state index contributed by atoms with van der Waals surface area (Å²) in [4.78, 5) is 8.65. The van der Waals surface area contributed by atoms with Gasteiger partial charge in [0, 0.05) is 35.9 Å². The molecule has 3 aromatic rings. The lowest BCUT2D eigenvalue weighted by molar-refractivity contribution is 0.0144. The third-order valence-corrected chi connectivity index (χ3v) is 6.27. The number of nitrogens with one attached hydrogen (secondary N) is 1. The number of pyridine rings is 1. The summed E-state index contributed by atoms with van der Waals surface area (Å²) < 4.78 is 34.5. The van der Waals surface area contributed by atoms with Gasteiger partial charge in [-0.05, 0) is 48.6 Å². The molecule has 0 saturated heterocycles. The highest BCUT2D eigenvalue weighted by molar-refractivity contribution is 7.14. The SMILES string of the molecule is CC(C)CCCC(C)CCOc1ccc(Nc2nc(-c3cccnc3)cs2)cc1C(C)(F)F. The predicted octanol–water partition coefficient (Wildman–Crippen LogP) is 8.29. The van der Waals surface area contributed by atoms with Crippen molar-refractivity contribution < 1.29 is 13.5 Å². The van der Waals surface area contributed by atoms with E-state index < -0.39 is 5.92 Å². The van der Waals surface area contributed by atoms with Crippen LogP contribution >= 0.6 is 11.3 Å². The van der Waals surface area contributed by atoms with Gasteiger partial charge in [0.2, 0.25) is 0 Å². The standard InChI is InChI=1S/C26H33F2N3OS/c1-18(2)7-5-8-19(3)12-14-32-24-11-10-21(15-22(24)26(4,27)28)30-25-31-23(17-33-25)20-9-6-13-29-16-20/h6,9-11,13,15-19H,5,7-8,12,14H2,1-4H3,(H,30,31). The van der Waals surface area contributed by atoms with Crippen LogP contribution in [0.25, 0.3) is 11.3 Å². The molecule has 0 aliphatic rings. The molecule has 0 amide bonds. The molecule has 1 N–H and O–H groups in total. The zero-order chi connectivity index (χ0) is 23.8. The summed E-state index contributed by atoms with van der Waals surface area (Å²) >= 11 is 1.41. The molecule has 3 rings (SSSR count). The van der Waals surface area contributed by atoms with E-state index in [2.05, 4.69) is 36.1 Å². The Labute approximate surface area is 199 Å². The number of benzene rings is 1. The number of hydrogen-bond acceptors (Lipinski definition) is 5. The zero-order valence-electron chi connectivity index (χ0n) is 19.8. The summed E-state index contributed by atoms with van der Waals surface area (Å²) in [5.74, 6) is -1.56. The van der Waals surface area contributed by atoms with Gasteiger partial charge in [-0.1, -0.05) is 40.0 Å². The molecule has 1 unspecified atom stereocenters. The highest BCUT2D eigenvalue weighted by Crippen LogP contribution is 2.37. The second-order valence-electron chi connectivity index (χ2n) is 9.07. The molecule has 0 saturated carbocycles. The number of nitrogens with zero attached hydrogens (tertiary/aromatic N) is 2. The van der Waals surface area contributed by atoms with Gasteiger partial charge < -0.3 is 10.1 Å². The Hall–Kier alpha value is -2.54. The predicted molar refractivity (Wildman–Crippen MR) is 133 cm³/mol. The highest BCUT2D eigenvalue weighted by Gasteiger charge is 2.29. The lowest BCUT2D eigenvalue weighted by Gasteiger charge is -2.19. The fourth-order valence-corrected chi connectivity index (χ4v) is 4.31. The first-order valence-electron chi connectivity index (χ1n) is 11.5. The maximum Gasteiger partial charge on any atom is 0.274 e. The van der Waals surface area contributed by atoms with Crippen molar-refractivity contribution in [2.45, 2.75) is 59.3 Å². The third-order valence-electron chi connectivity index (χ3n) is 5.51. The van der Waals surface area contributed by atoms with Gasteiger partial charge >= 0.3 is 0 Å². The highest BCUT2D eigenvalue weighted by atomic mass is 32.1. The number of thiazole rings is 1. The molecule has 2 heterocycles. The van der Waals surface area contributed by atoms with Crippen LogP contribution in [0.3, 0.4) is 0 Å². The van der Waals surface area contributed by atoms with Crippen molar-refractivity contribution in [2.75, 3.05) is 11.9 Å². The molecule has 178 valence electrons. The average Bonchev–Trinajstić information content (AvgIpc) is 3.23. The van der Waals surface area contributed by atoms with Crippen molar-refractivity contribution in [3.63, 3.8) is 0 Å². The summed E-state index contributed by atoms with van der Waals surface area (Å²) in [7, 11) is 0. The Morgan fingerprint density at radius 2 is 1.94 bits per heavy atom. The molecule has 1 atom stereocenters. The lowest BCUT2D eigenvalue weighted by atomic mass is 9.98. The molecule has 4 nitrogen and oxygen atoms in total. The van der Waals surface area contributed by atoms with Crippen LogP contribution in [0.5, 0.6) is 5.75 Å². The number of halogens is 2. The number of hydrogen-bond donors (Lipinski definition) is 1. The fraction of sp³-hybridized carbons (Fsp3) is 0.462. The minimum atomic E-state index is -3.01. The maximum atomic E-state index is 14.4. The van der Waals surface area contributed by atoms with Crippen molar-refractivity contribution in [3.8, 4) is 17.0 Å². The quantitative estimate of drug-likeness (QED) is 0.287. The van der Waals surface area contributed by atoms with Crippen molar-refractivity contribution in [1.29, 1.82) is 0 Å². The molecule has 0 spiro atoms. The van der Waals surface area contributed by atoms with E-state index in [4.69, 9.17) is 4.74 Å². The van der Waals surface area contributed by atoms with E-state index in [0.29, 0.717) is 29.3 Å². The summed E-state index contributed by atoms with van der Waals surface area (Å²) in [5.41, 5.74) is 2.13. The van der Waals surface area contributed by atoms with Gasteiger partial charge in [0.15, 0.2) is 5.13 Å². The van der Waals surface area contributed by atoms with Gasteiger partial charge in [-0.25, -0.2) is 13.8 Å². The Morgan fingerprint density at radius 1 is 1.12 bits per heavy atom. The van der Waals surface area contributed by atoms with E-state index in [9.17, 15) is 8.78 Å². The third kappa shape index (κ3) is 7.77. The first-order chi connectivity index (χ1) is 15.7. The molecule has 0 fully saturated rings. The summed E-state index contributed by atoms with van der Waals surface area (Å²) in [6, 6.07) is 8.60. The van der Waals surface area contributed by atoms with Crippen LogP contribution in [0.1, 0.15) is 58.9 Å². The minimum absolute atomic E-state index is 0.121. The summed E-state index contributed by atoms with van der Waals surface area (Å²) in [6.45, 7) is 7.98. The van der Waals surface area contributed by atoms with Gasteiger partial charge in [-0.15, -0.1) is 11.3 Å². The number of ether oxygens (including phenoxy) is 1. The van der Waals surface area contributed by atoms with Crippen LogP contribution in [0.2, 0.25) is 0 Å². The maximum absolute atomic E-state index is 14.4. The van der Waals surface area contributed by atoms with Gasteiger partial charge in [-0.2, -0.15) is 0 Å². The molecular weight excluding hydrogens is 440 g/mol. The van der Waals surface area contributed by atoms with E-state index in [-0.39, 0.29) is 11.3 Å². The van der Waals surface area contributed by atoms with E-state index in [1.54, 1.807) is 24.5 Å². The number of alkyl halides is 2. The Bertz CT molecular complexity index is 1000. The largest absolute Gasteiger partial charge is 0.493 e. The smallest absolute Gasteiger partial charge is 0.274 e. The number of rotatable bonds is 12. The van der Waals surface area contributed by atoms with Crippen LogP contribution in [-0.2, 0) is 5.92 Å². The normalized spacial score (nSPS) is 12.7.